The van der Waals surface area contributed by atoms with Gasteiger partial charge in [-0.15, -0.1) is 0 Å². The number of aromatic nitrogens is 6. The minimum atomic E-state index is -0.109. The summed E-state index contributed by atoms with van der Waals surface area (Å²) in [5.74, 6) is -0.0482. The molecule has 0 spiro atoms. The Morgan fingerprint density at radius 2 is 1.70 bits per heavy atom. The van der Waals surface area contributed by atoms with Gasteiger partial charge in [0.1, 0.15) is 0 Å². The number of hydrogen-bond donors (Lipinski definition) is 0. The highest BCUT2D eigenvalue weighted by Crippen LogP contribution is 2.24. The molecular formula is C24H25N7O2. The summed E-state index contributed by atoms with van der Waals surface area (Å²) in [5.41, 5.74) is 4.25. The molecule has 1 saturated heterocycles. The van der Waals surface area contributed by atoms with E-state index in [2.05, 4.69) is 26.5 Å². The second-order valence-electron chi connectivity index (χ2n) is 8.28. The molecule has 2 atom stereocenters. The Bertz CT molecular complexity index is 1240. The van der Waals surface area contributed by atoms with Crippen LogP contribution in [0.3, 0.4) is 0 Å². The number of amides is 1. The molecule has 5 rings (SSSR count). The Kier molecular flexibility index (Phi) is 5.70. The van der Waals surface area contributed by atoms with E-state index in [4.69, 9.17) is 4.74 Å². The Balaban J connectivity index is 1.46. The average Bonchev–Trinajstić information content (AvgIpc) is 3.54. The molecule has 1 fully saturated rings. The number of rotatable bonds is 5. The van der Waals surface area contributed by atoms with E-state index in [0.29, 0.717) is 30.9 Å². The van der Waals surface area contributed by atoms with Crippen molar-refractivity contribution in [3.05, 3.63) is 83.9 Å². The van der Waals surface area contributed by atoms with Gasteiger partial charge < -0.3 is 9.64 Å². The van der Waals surface area contributed by atoms with Crippen molar-refractivity contribution in [2.45, 2.75) is 32.4 Å². The van der Waals surface area contributed by atoms with Crippen molar-refractivity contribution in [1.82, 2.24) is 34.9 Å². The van der Waals surface area contributed by atoms with E-state index in [9.17, 15) is 4.79 Å². The summed E-state index contributed by atoms with van der Waals surface area (Å²) in [5, 5.41) is 16.9. The highest BCUT2D eigenvalue weighted by Gasteiger charge is 2.34. The van der Waals surface area contributed by atoms with Gasteiger partial charge in [-0.1, -0.05) is 18.2 Å². The molecule has 9 nitrogen and oxygen atoms in total. The third kappa shape index (κ3) is 4.27. The zero-order valence-corrected chi connectivity index (χ0v) is 18.6. The molecule has 0 aliphatic carbocycles. The van der Waals surface area contributed by atoms with Crippen LogP contribution >= 0.6 is 0 Å². The van der Waals surface area contributed by atoms with Gasteiger partial charge >= 0.3 is 0 Å². The van der Waals surface area contributed by atoms with Gasteiger partial charge in [-0.2, -0.15) is 30.0 Å². The monoisotopic (exact) mass is 443 g/mol. The van der Waals surface area contributed by atoms with Crippen LogP contribution in [0.1, 0.15) is 28.4 Å². The zero-order valence-electron chi connectivity index (χ0n) is 18.6. The fourth-order valence-corrected chi connectivity index (χ4v) is 4.31. The molecule has 0 unspecified atom stereocenters. The standard InChI is InChI=1S/C24H25N7O2/c1-17-6-7-22(23(12-17)31-27-10-11-28-31)24(32)29-18(2)15-33-16-21(29)14-19-4-3-5-20(13-19)30-25-8-9-26-30/h3-13,18,21H,14-16H2,1-2H3/t18-,21-/m1/s1. The van der Waals surface area contributed by atoms with Crippen LogP contribution in [0, 0.1) is 6.92 Å². The van der Waals surface area contributed by atoms with Gasteiger partial charge in [-0.3, -0.25) is 4.79 Å². The summed E-state index contributed by atoms with van der Waals surface area (Å²) < 4.78 is 5.85. The summed E-state index contributed by atoms with van der Waals surface area (Å²) >= 11 is 0. The summed E-state index contributed by atoms with van der Waals surface area (Å²) in [6, 6.07) is 13.6. The molecule has 2 aromatic heterocycles. The van der Waals surface area contributed by atoms with Crippen molar-refractivity contribution in [2.75, 3.05) is 13.2 Å². The van der Waals surface area contributed by atoms with Gasteiger partial charge in [0, 0.05) is 0 Å². The quantitative estimate of drug-likeness (QED) is 0.471. The molecule has 0 radical (unpaired) electrons. The maximum Gasteiger partial charge on any atom is 0.256 e. The molecule has 9 heteroatoms. The third-order valence-corrected chi connectivity index (χ3v) is 5.82. The Labute approximate surface area is 191 Å². The lowest BCUT2D eigenvalue weighted by molar-refractivity contribution is -0.0301. The molecule has 1 amide bonds. The molecule has 4 aromatic rings. The van der Waals surface area contributed by atoms with E-state index >= 15 is 0 Å². The van der Waals surface area contributed by atoms with Crippen LogP contribution in [0.2, 0.25) is 0 Å². The molecule has 0 bridgehead atoms. The average molecular weight is 444 g/mol. The summed E-state index contributed by atoms with van der Waals surface area (Å²) in [6.45, 7) is 4.99. The topological polar surface area (TPSA) is 91.0 Å². The molecular weight excluding hydrogens is 418 g/mol. The van der Waals surface area contributed by atoms with Crippen LogP contribution in [0.25, 0.3) is 11.4 Å². The minimum absolute atomic E-state index is 0.0482. The summed E-state index contributed by atoms with van der Waals surface area (Å²) in [4.78, 5) is 18.9. The van der Waals surface area contributed by atoms with E-state index in [1.54, 1.807) is 29.6 Å². The van der Waals surface area contributed by atoms with Crippen LogP contribution in [0.15, 0.2) is 67.3 Å². The third-order valence-electron chi connectivity index (χ3n) is 5.82. The van der Waals surface area contributed by atoms with Crippen molar-refractivity contribution >= 4 is 5.91 Å². The number of carbonyl (C=O) groups excluding carboxylic acids is 1. The maximum atomic E-state index is 13.9. The second-order valence-corrected chi connectivity index (χ2v) is 8.28. The number of ether oxygens (including phenoxy) is 1. The van der Waals surface area contributed by atoms with E-state index < -0.39 is 0 Å². The van der Waals surface area contributed by atoms with Gasteiger partial charge in [0.15, 0.2) is 0 Å². The molecule has 1 aliphatic rings. The fraction of sp³-hybridized carbons (Fsp3) is 0.292. The first-order valence-electron chi connectivity index (χ1n) is 10.9. The predicted molar refractivity (Wildman–Crippen MR) is 121 cm³/mol. The van der Waals surface area contributed by atoms with Crippen LogP contribution in [-0.2, 0) is 11.2 Å². The second kappa shape index (κ2) is 8.95. The molecule has 3 heterocycles. The van der Waals surface area contributed by atoms with Gasteiger partial charge in [-0.05, 0) is 55.7 Å². The summed E-state index contributed by atoms with van der Waals surface area (Å²) in [6.07, 6.45) is 7.18. The minimum Gasteiger partial charge on any atom is -0.377 e. The first kappa shape index (κ1) is 21.0. The van der Waals surface area contributed by atoms with Crippen molar-refractivity contribution in [3.8, 4) is 11.4 Å². The lowest BCUT2D eigenvalue weighted by Gasteiger charge is -2.41. The van der Waals surface area contributed by atoms with Crippen LogP contribution in [-0.4, -0.2) is 66.1 Å². The van der Waals surface area contributed by atoms with E-state index in [-0.39, 0.29) is 18.0 Å². The molecule has 33 heavy (non-hydrogen) atoms. The lowest BCUT2D eigenvalue weighted by atomic mass is 9.99. The normalized spacial score (nSPS) is 18.4. The van der Waals surface area contributed by atoms with Crippen molar-refractivity contribution < 1.29 is 9.53 Å². The van der Waals surface area contributed by atoms with E-state index in [1.165, 1.54) is 4.80 Å². The molecule has 0 saturated carbocycles. The SMILES string of the molecule is Cc1ccc(C(=O)N2[C@H](Cc3cccc(-n4nccn4)c3)COC[C@H]2C)c(-n2nccn2)c1. The molecule has 1 aliphatic heterocycles. The number of nitrogens with zero attached hydrogens (tertiary/aromatic N) is 7. The Morgan fingerprint density at radius 1 is 0.970 bits per heavy atom. The van der Waals surface area contributed by atoms with Crippen molar-refractivity contribution in [3.63, 3.8) is 0 Å². The van der Waals surface area contributed by atoms with Crippen molar-refractivity contribution in [2.24, 2.45) is 0 Å². The van der Waals surface area contributed by atoms with Gasteiger partial charge in [-0.25, -0.2) is 0 Å². The van der Waals surface area contributed by atoms with Crippen LogP contribution in [0.4, 0.5) is 0 Å². The van der Waals surface area contributed by atoms with Gasteiger partial charge in [0.2, 0.25) is 0 Å². The Morgan fingerprint density at radius 3 is 2.45 bits per heavy atom. The summed E-state index contributed by atoms with van der Waals surface area (Å²) in [7, 11) is 0. The fourth-order valence-electron chi connectivity index (χ4n) is 4.31. The maximum absolute atomic E-state index is 13.9. The zero-order chi connectivity index (χ0) is 22.8. The van der Waals surface area contributed by atoms with Gasteiger partial charge in [0.05, 0.1) is 67.0 Å². The largest absolute Gasteiger partial charge is 0.377 e. The highest BCUT2D eigenvalue weighted by molar-refractivity contribution is 5.98. The molecule has 0 N–H and O–H groups in total. The number of hydrogen-bond acceptors (Lipinski definition) is 6. The first-order valence-corrected chi connectivity index (χ1v) is 10.9. The lowest BCUT2D eigenvalue weighted by Crippen LogP contribution is -2.54. The highest BCUT2D eigenvalue weighted by atomic mass is 16.5. The smallest absolute Gasteiger partial charge is 0.256 e. The Hall–Kier alpha value is -3.85. The molecule has 2 aromatic carbocycles. The first-order chi connectivity index (χ1) is 16.1. The number of morpholine rings is 1. The number of carbonyl (C=O) groups is 1. The van der Waals surface area contributed by atoms with E-state index in [1.807, 2.05) is 55.1 Å². The predicted octanol–water partition coefficient (Wildman–Crippen LogP) is 2.63. The van der Waals surface area contributed by atoms with Crippen LogP contribution in [0.5, 0.6) is 0 Å². The number of benzene rings is 2. The van der Waals surface area contributed by atoms with E-state index in [0.717, 1.165) is 16.8 Å². The van der Waals surface area contributed by atoms with Crippen LogP contribution < -0.4 is 0 Å². The molecule has 168 valence electrons. The van der Waals surface area contributed by atoms with Crippen molar-refractivity contribution in [1.29, 1.82) is 0 Å². The number of aryl methyl sites for hydroxylation is 1. The van der Waals surface area contributed by atoms with Gasteiger partial charge in [0.25, 0.3) is 5.91 Å².